The molecule has 1 fully saturated rings. The van der Waals surface area contributed by atoms with Crippen molar-refractivity contribution in [3.05, 3.63) is 35.2 Å². The zero-order chi connectivity index (χ0) is 12.4. The van der Waals surface area contributed by atoms with Gasteiger partial charge in [-0.3, -0.25) is 0 Å². The van der Waals surface area contributed by atoms with E-state index in [1.807, 2.05) is 11.3 Å². The van der Waals surface area contributed by atoms with E-state index in [4.69, 9.17) is 0 Å². The van der Waals surface area contributed by atoms with Crippen LogP contribution >= 0.6 is 11.3 Å². The van der Waals surface area contributed by atoms with Crippen LogP contribution < -0.4 is 5.32 Å². The number of nitrogens with one attached hydrogen (secondary N) is 1. The predicted molar refractivity (Wildman–Crippen MR) is 80.2 cm³/mol. The predicted octanol–water partition coefficient (Wildman–Crippen LogP) is 4.74. The first-order chi connectivity index (χ1) is 8.86. The fourth-order valence-corrected chi connectivity index (χ4v) is 4.32. The van der Waals surface area contributed by atoms with Crippen molar-refractivity contribution in [2.75, 3.05) is 7.05 Å². The topological polar surface area (TPSA) is 12.0 Å². The molecule has 1 aromatic carbocycles. The molecule has 0 bridgehead atoms. The van der Waals surface area contributed by atoms with Gasteiger partial charge in [0.05, 0.1) is 0 Å². The standard InChI is InChI=1S/C16H21NS/c1-17-14(10-12-6-2-3-7-12)16-11-13-8-4-5-9-15(13)18-16/h4-5,8-9,11-12,14,17H,2-3,6-7,10H2,1H3. The lowest BCUT2D eigenvalue weighted by Crippen LogP contribution is -2.17. The van der Waals surface area contributed by atoms with Crippen LogP contribution in [0.2, 0.25) is 0 Å². The molecule has 1 aliphatic carbocycles. The molecule has 1 heterocycles. The van der Waals surface area contributed by atoms with Crippen LogP contribution in [-0.4, -0.2) is 7.05 Å². The minimum atomic E-state index is 0.547. The molecule has 0 amide bonds. The molecule has 1 nitrogen and oxygen atoms in total. The zero-order valence-electron chi connectivity index (χ0n) is 11.0. The first-order valence-electron chi connectivity index (χ1n) is 7.02. The summed E-state index contributed by atoms with van der Waals surface area (Å²) in [6.07, 6.45) is 7.05. The van der Waals surface area contributed by atoms with E-state index in [-0.39, 0.29) is 0 Å². The van der Waals surface area contributed by atoms with Gasteiger partial charge < -0.3 is 5.32 Å². The van der Waals surface area contributed by atoms with Gasteiger partial charge in [-0.25, -0.2) is 0 Å². The van der Waals surface area contributed by atoms with Crippen molar-refractivity contribution in [1.82, 2.24) is 5.32 Å². The quantitative estimate of drug-likeness (QED) is 0.836. The Balaban J connectivity index is 1.81. The molecule has 1 aliphatic rings. The van der Waals surface area contributed by atoms with Gasteiger partial charge in [-0.2, -0.15) is 0 Å². The van der Waals surface area contributed by atoms with Gasteiger partial charge in [-0.05, 0) is 36.9 Å². The molecule has 0 spiro atoms. The fraction of sp³-hybridized carbons (Fsp3) is 0.500. The van der Waals surface area contributed by atoms with Crippen molar-refractivity contribution in [1.29, 1.82) is 0 Å². The Kier molecular flexibility index (Phi) is 3.67. The van der Waals surface area contributed by atoms with Gasteiger partial charge in [0.2, 0.25) is 0 Å². The Morgan fingerprint density at radius 1 is 1.28 bits per heavy atom. The van der Waals surface area contributed by atoms with Gasteiger partial charge in [0.1, 0.15) is 0 Å². The SMILES string of the molecule is CNC(CC1CCCC1)c1cc2ccccc2s1. The Morgan fingerprint density at radius 3 is 2.78 bits per heavy atom. The van der Waals surface area contributed by atoms with E-state index in [1.165, 1.54) is 47.1 Å². The first kappa shape index (κ1) is 12.2. The zero-order valence-corrected chi connectivity index (χ0v) is 11.8. The minimum absolute atomic E-state index is 0.547. The maximum absolute atomic E-state index is 3.52. The van der Waals surface area contributed by atoms with Crippen molar-refractivity contribution in [3.63, 3.8) is 0 Å². The van der Waals surface area contributed by atoms with Gasteiger partial charge in [0.25, 0.3) is 0 Å². The first-order valence-corrected chi connectivity index (χ1v) is 7.84. The normalized spacial score (nSPS) is 18.5. The second-order valence-electron chi connectivity index (χ2n) is 5.41. The molecule has 1 N–H and O–H groups in total. The summed E-state index contributed by atoms with van der Waals surface area (Å²) in [5, 5.41) is 4.91. The van der Waals surface area contributed by atoms with Crippen LogP contribution in [0.1, 0.15) is 43.0 Å². The minimum Gasteiger partial charge on any atom is -0.312 e. The lowest BCUT2D eigenvalue weighted by Gasteiger charge is -2.18. The maximum atomic E-state index is 3.52. The second-order valence-corrected chi connectivity index (χ2v) is 6.53. The Bertz CT molecular complexity index is 478. The lowest BCUT2D eigenvalue weighted by atomic mass is 9.97. The smallest absolute Gasteiger partial charge is 0.0415 e. The number of fused-ring (bicyclic) bond motifs is 1. The molecule has 3 rings (SSSR count). The number of rotatable bonds is 4. The maximum Gasteiger partial charge on any atom is 0.0415 e. The third-order valence-corrected chi connectivity index (χ3v) is 5.41. The summed E-state index contributed by atoms with van der Waals surface area (Å²) in [5.74, 6) is 0.938. The van der Waals surface area contributed by atoms with Crippen molar-refractivity contribution in [2.24, 2.45) is 5.92 Å². The summed E-state index contributed by atoms with van der Waals surface area (Å²) in [6, 6.07) is 11.6. The van der Waals surface area contributed by atoms with Gasteiger partial charge in [-0.1, -0.05) is 43.9 Å². The molecular formula is C16H21NS. The number of benzene rings is 1. The van der Waals surface area contributed by atoms with E-state index in [0.29, 0.717) is 6.04 Å². The van der Waals surface area contributed by atoms with Crippen LogP contribution in [-0.2, 0) is 0 Å². The van der Waals surface area contributed by atoms with Crippen molar-refractivity contribution < 1.29 is 0 Å². The van der Waals surface area contributed by atoms with Crippen LogP contribution in [0.3, 0.4) is 0 Å². The van der Waals surface area contributed by atoms with Crippen molar-refractivity contribution >= 4 is 21.4 Å². The molecule has 1 atom stereocenters. The summed E-state index contributed by atoms with van der Waals surface area (Å²) in [4.78, 5) is 1.51. The van der Waals surface area contributed by atoms with Gasteiger partial charge in [-0.15, -0.1) is 11.3 Å². The average molecular weight is 259 g/mol. The van der Waals surface area contributed by atoms with E-state index < -0.39 is 0 Å². The average Bonchev–Trinajstić information content (AvgIpc) is 3.04. The van der Waals surface area contributed by atoms with Gasteiger partial charge >= 0.3 is 0 Å². The van der Waals surface area contributed by atoms with E-state index in [1.54, 1.807) is 0 Å². The third-order valence-electron chi connectivity index (χ3n) is 4.18. The number of hydrogen-bond donors (Lipinski definition) is 1. The van der Waals surface area contributed by atoms with Crippen LogP contribution in [0.15, 0.2) is 30.3 Å². The number of hydrogen-bond acceptors (Lipinski definition) is 2. The van der Waals surface area contributed by atoms with Crippen molar-refractivity contribution in [3.8, 4) is 0 Å². The van der Waals surface area contributed by atoms with Crippen LogP contribution in [0.25, 0.3) is 10.1 Å². The molecule has 0 aliphatic heterocycles. The second kappa shape index (κ2) is 5.41. The Labute approximate surface area is 113 Å². The molecule has 1 aromatic heterocycles. The van der Waals surface area contributed by atoms with E-state index in [0.717, 1.165) is 5.92 Å². The third kappa shape index (κ3) is 2.45. The highest BCUT2D eigenvalue weighted by Crippen LogP contribution is 2.36. The number of thiophene rings is 1. The van der Waals surface area contributed by atoms with Crippen LogP contribution in [0.5, 0.6) is 0 Å². The van der Waals surface area contributed by atoms with Crippen LogP contribution in [0.4, 0.5) is 0 Å². The van der Waals surface area contributed by atoms with E-state index >= 15 is 0 Å². The molecular weight excluding hydrogens is 238 g/mol. The molecule has 2 aromatic rings. The Morgan fingerprint density at radius 2 is 2.06 bits per heavy atom. The molecule has 96 valence electrons. The summed E-state index contributed by atoms with van der Waals surface area (Å²) < 4.78 is 1.42. The highest BCUT2D eigenvalue weighted by molar-refractivity contribution is 7.19. The van der Waals surface area contributed by atoms with Crippen molar-refractivity contribution in [2.45, 2.75) is 38.1 Å². The van der Waals surface area contributed by atoms with Gasteiger partial charge in [0, 0.05) is 15.6 Å². The van der Waals surface area contributed by atoms with E-state index in [9.17, 15) is 0 Å². The summed E-state index contributed by atoms with van der Waals surface area (Å²) >= 11 is 1.95. The van der Waals surface area contributed by atoms with Crippen LogP contribution in [0, 0.1) is 5.92 Å². The molecule has 2 heteroatoms. The summed E-state index contributed by atoms with van der Waals surface area (Å²) in [7, 11) is 2.10. The lowest BCUT2D eigenvalue weighted by molar-refractivity contribution is 0.417. The summed E-state index contributed by atoms with van der Waals surface area (Å²) in [6.45, 7) is 0. The molecule has 0 saturated heterocycles. The Hall–Kier alpha value is -0.860. The summed E-state index contributed by atoms with van der Waals surface area (Å²) in [5.41, 5.74) is 0. The highest BCUT2D eigenvalue weighted by Gasteiger charge is 2.21. The molecule has 1 unspecified atom stereocenters. The largest absolute Gasteiger partial charge is 0.312 e. The van der Waals surface area contributed by atoms with E-state index in [2.05, 4.69) is 42.7 Å². The highest BCUT2D eigenvalue weighted by atomic mass is 32.1. The molecule has 1 saturated carbocycles. The molecule has 18 heavy (non-hydrogen) atoms. The monoisotopic (exact) mass is 259 g/mol. The fourth-order valence-electron chi connectivity index (χ4n) is 3.13. The molecule has 0 radical (unpaired) electrons. The van der Waals surface area contributed by atoms with Gasteiger partial charge in [0.15, 0.2) is 0 Å².